The largest absolute Gasteiger partial charge is 0.480 e. The first-order valence-electron chi connectivity index (χ1n) is 6.53. The Morgan fingerprint density at radius 1 is 1.45 bits per heavy atom. The molecule has 1 unspecified atom stereocenters. The first kappa shape index (κ1) is 15.8. The molecular weight excluding hydrogens is 260 g/mol. The molecule has 0 spiro atoms. The lowest BCUT2D eigenvalue weighted by molar-refractivity contribution is -0.127. The highest BCUT2D eigenvalue weighted by Crippen LogP contribution is 2.25. The van der Waals surface area contributed by atoms with Crippen LogP contribution in [0.25, 0.3) is 0 Å². The Hall–Kier alpha value is -2.24. The van der Waals surface area contributed by atoms with Gasteiger partial charge in [0.2, 0.25) is 0 Å². The van der Waals surface area contributed by atoms with E-state index in [9.17, 15) is 9.59 Å². The summed E-state index contributed by atoms with van der Waals surface area (Å²) >= 11 is 0. The number of rotatable bonds is 7. The van der Waals surface area contributed by atoms with E-state index >= 15 is 0 Å². The van der Waals surface area contributed by atoms with Crippen molar-refractivity contribution in [1.29, 1.82) is 0 Å². The highest BCUT2D eigenvalue weighted by Gasteiger charge is 2.20. The molecule has 0 saturated heterocycles. The van der Waals surface area contributed by atoms with Gasteiger partial charge in [-0.25, -0.2) is 4.79 Å². The van der Waals surface area contributed by atoms with Crippen molar-refractivity contribution < 1.29 is 19.4 Å². The summed E-state index contributed by atoms with van der Waals surface area (Å²) < 4.78 is 5.41. The van der Waals surface area contributed by atoms with E-state index in [4.69, 9.17) is 15.6 Å². The van der Waals surface area contributed by atoms with Crippen LogP contribution in [0.1, 0.15) is 37.0 Å². The predicted molar refractivity (Wildman–Crippen MR) is 75.8 cm³/mol. The van der Waals surface area contributed by atoms with Gasteiger partial charge in [-0.3, -0.25) is 4.79 Å². The Labute approximate surface area is 117 Å². The second-order valence-electron chi connectivity index (χ2n) is 4.43. The predicted octanol–water partition coefficient (Wildman–Crippen LogP) is 1.65. The van der Waals surface area contributed by atoms with Crippen LogP contribution >= 0.6 is 0 Å². The molecule has 0 aromatic heterocycles. The number of anilines is 1. The van der Waals surface area contributed by atoms with Crippen LogP contribution < -0.4 is 15.8 Å². The molecule has 0 aliphatic heterocycles. The summed E-state index contributed by atoms with van der Waals surface area (Å²) in [6, 6.07) is 4.54. The van der Waals surface area contributed by atoms with E-state index in [2.05, 4.69) is 5.32 Å². The number of nitrogens with one attached hydrogen (secondary N) is 1. The smallest absolute Gasteiger partial charge is 0.341 e. The van der Waals surface area contributed by atoms with Gasteiger partial charge in [-0.05, 0) is 25.5 Å². The first-order chi connectivity index (χ1) is 9.47. The van der Waals surface area contributed by atoms with Crippen molar-refractivity contribution in [3.8, 4) is 5.75 Å². The molecule has 0 saturated carbocycles. The second-order valence-corrected chi connectivity index (χ2v) is 4.43. The van der Waals surface area contributed by atoms with Gasteiger partial charge in [0, 0.05) is 12.2 Å². The zero-order valence-electron chi connectivity index (χ0n) is 11.7. The molecule has 0 bridgehead atoms. The number of nitrogen functional groups attached to an aromatic ring is 1. The third kappa shape index (κ3) is 4.15. The summed E-state index contributed by atoms with van der Waals surface area (Å²) in [5, 5.41) is 11.8. The summed E-state index contributed by atoms with van der Waals surface area (Å²) in [6.07, 6.45) is 1.08. The van der Waals surface area contributed by atoms with Gasteiger partial charge in [0.1, 0.15) is 11.3 Å². The molecule has 6 heteroatoms. The van der Waals surface area contributed by atoms with Crippen LogP contribution in [0.4, 0.5) is 5.69 Å². The summed E-state index contributed by atoms with van der Waals surface area (Å²) in [5.74, 6) is -1.37. The molecule has 1 amide bonds. The third-order valence-electron chi connectivity index (χ3n) is 2.77. The van der Waals surface area contributed by atoms with E-state index in [-0.39, 0.29) is 22.9 Å². The topological polar surface area (TPSA) is 102 Å². The molecule has 20 heavy (non-hydrogen) atoms. The minimum atomic E-state index is -1.18. The SMILES string of the molecule is CCCCNC(=O)C(C)Oc1cccc(N)c1C(=O)O. The lowest BCUT2D eigenvalue weighted by Gasteiger charge is -2.16. The molecule has 4 N–H and O–H groups in total. The molecule has 0 aliphatic rings. The van der Waals surface area contributed by atoms with Crippen molar-refractivity contribution in [2.75, 3.05) is 12.3 Å². The lowest BCUT2D eigenvalue weighted by Crippen LogP contribution is -2.37. The van der Waals surface area contributed by atoms with E-state index in [0.717, 1.165) is 12.8 Å². The van der Waals surface area contributed by atoms with Crippen LogP contribution in [0, 0.1) is 0 Å². The van der Waals surface area contributed by atoms with E-state index in [1.54, 1.807) is 13.0 Å². The normalized spacial score (nSPS) is 11.7. The fraction of sp³-hybridized carbons (Fsp3) is 0.429. The van der Waals surface area contributed by atoms with Gasteiger partial charge in [-0.2, -0.15) is 0 Å². The molecule has 0 aliphatic carbocycles. The summed E-state index contributed by atoms with van der Waals surface area (Å²) in [4.78, 5) is 22.9. The van der Waals surface area contributed by atoms with Gasteiger partial charge in [0.25, 0.3) is 5.91 Å². The Bertz CT molecular complexity index is 488. The van der Waals surface area contributed by atoms with Crippen molar-refractivity contribution in [3.63, 3.8) is 0 Å². The Kier molecular flexibility index (Phi) is 5.83. The van der Waals surface area contributed by atoms with Crippen molar-refractivity contribution >= 4 is 17.6 Å². The molecule has 0 radical (unpaired) electrons. The molecule has 1 atom stereocenters. The quantitative estimate of drug-likeness (QED) is 0.520. The van der Waals surface area contributed by atoms with Crippen LogP contribution in [0.5, 0.6) is 5.75 Å². The molecule has 1 rings (SSSR count). The molecule has 6 nitrogen and oxygen atoms in total. The van der Waals surface area contributed by atoms with Gasteiger partial charge in [-0.15, -0.1) is 0 Å². The zero-order chi connectivity index (χ0) is 15.1. The van der Waals surface area contributed by atoms with Gasteiger partial charge < -0.3 is 20.9 Å². The number of hydrogen-bond donors (Lipinski definition) is 3. The van der Waals surface area contributed by atoms with E-state index in [1.807, 2.05) is 6.92 Å². The standard InChI is InChI=1S/C14H20N2O4/c1-3-4-8-16-13(17)9(2)20-11-7-5-6-10(15)12(11)14(18)19/h5-7,9H,3-4,8,15H2,1-2H3,(H,16,17)(H,18,19). The van der Waals surface area contributed by atoms with Crippen molar-refractivity contribution in [2.45, 2.75) is 32.8 Å². The number of carbonyl (C=O) groups is 2. The number of benzene rings is 1. The number of aromatic carboxylic acids is 1. The van der Waals surface area contributed by atoms with Gasteiger partial charge in [-0.1, -0.05) is 19.4 Å². The molecule has 0 fully saturated rings. The molecule has 110 valence electrons. The van der Waals surface area contributed by atoms with Crippen LogP contribution in [0.3, 0.4) is 0 Å². The van der Waals surface area contributed by atoms with Crippen LogP contribution in [-0.4, -0.2) is 29.6 Å². The highest BCUT2D eigenvalue weighted by atomic mass is 16.5. The summed E-state index contributed by atoms with van der Waals surface area (Å²) in [5.41, 5.74) is 5.59. The number of hydrogen-bond acceptors (Lipinski definition) is 4. The first-order valence-corrected chi connectivity index (χ1v) is 6.53. The molecule has 1 aromatic carbocycles. The average molecular weight is 280 g/mol. The second kappa shape index (κ2) is 7.37. The zero-order valence-corrected chi connectivity index (χ0v) is 11.7. The number of ether oxygens (including phenoxy) is 1. The monoisotopic (exact) mass is 280 g/mol. The molecule has 0 heterocycles. The minimum Gasteiger partial charge on any atom is -0.480 e. The molecule has 1 aromatic rings. The Morgan fingerprint density at radius 2 is 2.15 bits per heavy atom. The maximum atomic E-state index is 11.8. The number of unbranched alkanes of at least 4 members (excludes halogenated alkanes) is 1. The summed E-state index contributed by atoms with van der Waals surface area (Å²) in [6.45, 7) is 4.17. The number of nitrogens with two attached hydrogens (primary N) is 1. The number of amides is 1. The van der Waals surface area contributed by atoms with Crippen molar-refractivity contribution in [1.82, 2.24) is 5.32 Å². The fourth-order valence-electron chi connectivity index (χ4n) is 1.65. The van der Waals surface area contributed by atoms with E-state index in [1.165, 1.54) is 12.1 Å². The molecular formula is C14H20N2O4. The third-order valence-corrected chi connectivity index (χ3v) is 2.77. The summed E-state index contributed by atoms with van der Waals surface area (Å²) in [7, 11) is 0. The fourth-order valence-corrected chi connectivity index (χ4v) is 1.65. The number of carbonyl (C=O) groups excluding carboxylic acids is 1. The van der Waals surface area contributed by atoms with Crippen molar-refractivity contribution in [2.24, 2.45) is 0 Å². The van der Waals surface area contributed by atoms with E-state index < -0.39 is 12.1 Å². The van der Waals surface area contributed by atoms with Gasteiger partial charge >= 0.3 is 5.97 Å². The van der Waals surface area contributed by atoms with E-state index in [0.29, 0.717) is 6.54 Å². The maximum Gasteiger partial charge on any atom is 0.341 e. The Balaban J connectivity index is 2.75. The maximum absolute atomic E-state index is 11.8. The van der Waals surface area contributed by atoms with Crippen molar-refractivity contribution in [3.05, 3.63) is 23.8 Å². The Morgan fingerprint density at radius 3 is 2.75 bits per heavy atom. The van der Waals surface area contributed by atoms with Crippen LogP contribution in [0.2, 0.25) is 0 Å². The van der Waals surface area contributed by atoms with Crippen LogP contribution in [0.15, 0.2) is 18.2 Å². The van der Waals surface area contributed by atoms with Gasteiger partial charge in [0.15, 0.2) is 6.10 Å². The minimum absolute atomic E-state index is 0.0932. The average Bonchev–Trinajstić information content (AvgIpc) is 2.38. The number of carboxylic acid groups (broad SMARTS) is 1. The number of carboxylic acids is 1. The highest BCUT2D eigenvalue weighted by molar-refractivity contribution is 5.97. The van der Waals surface area contributed by atoms with Crippen LogP contribution in [-0.2, 0) is 4.79 Å². The lowest BCUT2D eigenvalue weighted by atomic mass is 10.1. The van der Waals surface area contributed by atoms with Gasteiger partial charge in [0.05, 0.1) is 0 Å².